The lowest BCUT2D eigenvalue weighted by atomic mass is 9.96. The van der Waals surface area contributed by atoms with E-state index in [1.54, 1.807) is 56.8 Å². The Hall–Kier alpha value is -3.98. The average molecular weight is 447 g/mol. The summed E-state index contributed by atoms with van der Waals surface area (Å²) in [5.74, 6) is -0.655. The predicted molar refractivity (Wildman–Crippen MR) is 118 cm³/mol. The van der Waals surface area contributed by atoms with E-state index < -0.39 is 23.5 Å². The van der Waals surface area contributed by atoms with Gasteiger partial charge in [0.25, 0.3) is 5.91 Å². The van der Waals surface area contributed by atoms with Crippen LogP contribution in [0.5, 0.6) is 5.75 Å². The van der Waals surface area contributed by atoms with Gasteiger partial charge in [-0.15, -0.1) is 0 Å². The minimum Gasteiger partial charge on any atom is -0.503 e. The Morgan fingerprint density at radius 1 is 1.25 bits per heavy atom. The number of furan rings is 1. The SMILES string of the molecule is COc1ccc2nc(N3C(=O)C(O)=C(C(=O)c4ccc(C)o4)[C@H]3c3cccnc3)sc2c1. The Kier molecular flexibility index (Phi) is 4.75. The van der Waals surface area contributed by atoms with Crippen molar-refractivity contribution < 1.29 is 23.8 Å². The fraction of sp³-hybridized carbons (Fsp3) is 0.130. The number of amides is 1. The summed E-state index contributed by atoms with van der Waals surface area (Å²) in [6.45, 7) is 1.71. The lowest BCUT2D eigenvalue weighted by Crippen LogP contribution is -2.31. The van der Waals surface area contributed by atoms with E-state index >= 15 is 0 Å². The van der Waals surface area contributed by atoms with Crippen LogP contribution in [0.1, 0.15) is 27.9 Å². The molecule has 1 N–H and O–H groups in total. The highest BCUT2D eigenvalue weighted by Gasteiger charge is 2.46. The monoisotopic (exact) mass is 447 g/mol. The van der Waals surface area contributed by atoms with Crippen LogP contribution in [0.25, 0.3) is 10.2 Å². The van der Waals surface area contributed by atoms with Crippen molar-refractivity contribution in [3.63, 3.8) is 0 Å². The van der Waals surface area contributed by atoms with Crippen molar-refractivity contribution in [2.45, 2.75) is 13.0 Å². The number of thiazole rings is 1. The number of ketones is 1. The molecule has 0 fully saturated rings. The summed E-state index contributed by atoms with van der Waals surface area (Å²) < 4.78 is 11.5. The second kappa shape index (κ2) is 7.61. The summed E-state index contributed by atoms with van der Waals surface area (Å²) in [6.07, 6.45) is 3.15. The molecule has 1 aliphatic rings. The lowest BCUT2D eigenvalue weighted by Gasteiger charge is -2.23. The smallest absolute Gasteiger partial charge is 0.296 e. The number of methoxy groups -OCH3 is 1. The standard InChI is InChI=1S/C23H17N3O5S/c1-12-5-8-16(31-12)20(27)18-19(13-4-3-9-24-11-13)26(22(29)21(18)28)23-25-15-7-6-14(30-2)10-17(15)32-23/h3-11,19,28H,1-2H3/t19-/m1/s1. The highest BCUT2D eigenvalue weighted by atomic mass is 32.1. The highest BCUT2D eigenvalue weighted by Crippen LogP contribution is 2.44. The number of rotatable bonds is 5. The molecule has 3 aromatic heterocycles. The first kappa shape index (κ1) is 20.0. The van der Waals surface area contributed by atoms with Crippen LogP contribution in [0.4, 0.5) is 5.13 Å². The highest BCUT2D eigenvalue weighted by molar-refractivity contribution is 7.22. The number of aromatic nitrogens is 2. The van der Waals surface area contributed by atoms with Crippen LogP contribution in [-0.4, -0.2) is 33.9 Å². The molecule has 32 heavy (non-hydrogen) atoms. The van der Waals surface area contributed by atoms with Gasteiger partial charge >= 0.3 is 0 Å². The Labute approximate surface area is 186 Å². The van der Waals surface area contributed by atoms with Crippen LogP contribution in [0.15, 0.2) is 70.6 Å². The van der Waals surface area contributed by atoms with Crippen molar-refractivity contribution in [2.75, 3.05) is 12.0 Å². The van der Waals surface area contributed by atoms with E-state index in [0.717, 1.165) is 4.70 Å². The number of benzene rings is 1. The molecule has 4 heterocycles. The van der Waals surface area contributed by atoms with Crippen molar-refractivity contribution in [3.8, 4) is 5.75 Å². The third kappa shape index (κ3) is 3.14. The van der Waals surface area contributed by atoms with Crippen LogP contribution in [-0.2, 0) is 4.79 Å². The zero-order chi connectivity index (χ0) is 22.4. The Morgan fingerprint density at radius 2 is 2.09 bits per heavy atom. The molecule has 8 nitrogen and oxygen atoms in total. The normalized spacial score (nSPS) is 16.2. The van der Waals surface area contributed by atoms with Gasteiger partial charge in [0.05, 0.1) is 28.9 Å². The molecule has 0 bridgehead atoms. The lowest BCUT2D eigenvalue weighted by molar-refractivity contribution is -0.117. The zero-order valence-corrected chi connectivity index (χ0v) is 17.9. The third-order valence-corrected chi connectivity index (χ3v) is 6.22. The van der Waals surface area contributed by atoms with E-state index in [1.807, 2.05) is 6.07 Å². The minimum absolute atomic E-state index is 0.0432. The van der Waals surface area contributed by atoms with Gasteiger partial charge in [-0.3, -0.25) is 19.5 Å². The molecule has 0 saturated carbocycles. The molecule has 1 aromatic carbocycles. The molecule has 9 heteroatoms. The van der Waals surface area contributed by atoms with Gasteiger partial charge < -0.3 is 14.3 Å². The molecule has 4 aromatic rings. The van der Waals surface area contributed by atoms with Gasteiger partial charge in [-0.2, -0.15) is 0 Å². The molecule has 1 aliphatic heterocycles. The van der Waals surface area contributed by atoms with E-state index in [9.17, 15) is 14.7 Å². The van der Waals surface area contributed by atoms with Crippen LogP contribution in [0, 0.1) is 6.92 Å². The number of Topliss-reactive ketones (excluding diaryl/α,β-unsaturated/α-hetero) is 1. The summed E-state index contributed by atoms with van der Waals surface area (Å²) in [6, 6.07) is 11.1. The van der Waals surface area contributed by atoms with Crippen molar-refractivity contribution in [3.05, 3.63) is 83.3 Å². The maximum Gasteiger partial charge on any atom is 0.296 e. The summed E-state index contributed by atoms with van der Waals surface area (Å²) >= 11 is 1.26. The average Bonchev–Trinajstić information content (AvgIpc) is 3.49. The molecular weight excluding hydrogens is 430 g/mol. The van der Waals surface area contributed by atoms with E-state index in [1.165, 1.54) is 22.3 Å². The van der Waals surface area contributed by atoms with Crippen molar-refractivity contribution in [1.82, 2.24) is 9.97 Å². The molecule has 0 radical (unpaired) electrons. The van der Waals surface area contributed by atoms with Gasteiger partial charge in [-0.25, -0.2) is 4.98 Å². The number of nitrogens with zero attached hydrogens (tertiary/aromatic N) is 3. The number of hydrogen-bond acceptors (Lipinski definition) is 8. The summed E-state index contributed by atoms with van der Waals surface area (Å²) in [4.78, 5) is 36.5. The molecule has 5 rings (SSSR count). The van der Waals surface area contributed by atoms with Gasteiger partial charge in [0.2, 0.25) is 5.78 Å². The first-order chi connectivity index (χ1) is 15.5. The van der Waals surface area contributed by atoms with E-state index in [-0.39, 0.29) is 11.3 Å². The maximum absolute atomic E-state index is 13.3. The number of carbonyl (C=O) groups excluding carboxylic acids is 2. The minimum atomic E-state index is -0.906. The molecular formula is C23H17N3O5S. The van der Waals surface area contributed by atoms with E-state index in [2.05, 4.69) is 9.97 Å². The number of hydrogen-bond donors (Lipinski definition) is 1. The summed E-state index contributed by atoms with van der Waals surface area (Å²) in [5, 5.41) is 11.1. The van der Waals surface area contributed by atoms with Gasteiger partial charge in [0, 0.05) is 12.4 Å². The predicted octanol–water partition coefficient (Wildman–Crippen LogP) is 4.38. The Bertz CT molecular complexity index is 1390. The first-order valence-electron chi connectivity index (χ1n) is 9.70. The molecule has 160 valence electrons. The Morgan fingerprint density at radius 3 is 2.78 bits per heavy atom. The van der Waals surface area contributed by atoms with Crippen molar-refractivity contribution in [2.24, 2.45) is 0 Å². The molecule has 0 saturated heterocycles. The number of anilines is 1. The van der Waals surface area contributed by atoms with Crippen LogP contribution in [0.2, 0.25) is 0 Å². The largest absolute Gasteiger partial charge is 0.503 e. The number of aliphatic hydroxyl groups excluding tert-OH is 1. The van der Waals surface area contributed by atoms with E-state index in [0.29, 0.717) is 27.7 Å². The molecule has 0 unspecified atom stereocenters. The quantitative estimate of drug-likeness (QED) is 0.453. The number of pyridine rings is 1. The third-order valence-electron chi connectivity index (χ3n) is 5.21. The zero-order valence-electron chi connectivity index (χ0n) is 17.1. The Balaban J connectivity index is 1.66. The fourth-order valence-corrected chi connectivity index (χ4v) is 4.72. The van der Waals surface area contributed by atoms with E-state index in [4.69, 9.17) is 9.15 Å². The number of aryl methyl sites for hydroxylation is 1. The maximum atomic E-state index is 13.3. The summed E-state index contributed by atoms with van der Waals surface area (Å²) in [7, 11) is 1.57. The number of fused-ring (bicyclic) bond motifs is 1. The van der Waals surface area contributed by atoms with Crippen LogP contribution >= 0.6 is 11.3 Å². The summed E-state index contributed by atoms with van der Waals surface area (Å²) in [5.41, 5.74) is 1.16. The van der Waals surface area contributed by atoms with Gasteiger partial charge in [-0.1, -0.05) is 17.4 Å². The number of carbonyl (C=O) groups is 2. The van der Waals surface area contributed by atoms with Crippen LogP contribution < -0.4 is 9.64 Å². The second-order valence-corrected chi connectivity index (χ2v) is 8.20. The fourth-order valence-electron chi connectivity index (χ4n) is 3.70. The van der Waals surface area contributed by atoms with Gasteiger partial charge in [0.15, 0.2) is 16.7 Å². The second-order valence-electron chi connectivity index (χ2n) is 7.20. The molecule has 0 aliphatic carbocycles. The van der Waals surface area contributed by atoms with Gasteiger partial charge in [0.1, 0.15) is 11.5 Å². The van der Waals surface area contributed by atoms with Gasteiger partial charge in [-0.05, 0) is 48.9 Å². The topological polar surface area (TPSA) is 106 Å². The first-order valence-corrected chi connectivity index (χ1v) is 10.5. The van der Waals surface area contributed by atoms with Crippen molar-refractivity contribution in [1.29, 1.82) is 0 Å². The van der Waals surface area contributed by atoms with Crippen LogP contribution in [0.3, 0.4) is 0 Å². The van der Waals surface area contributed by atoms with Crippen molar-refractivity contribution >= 4 is 38.4 Å². The number of aliphatic hydroxyl groups is 1. The molecule has 0 spiro atoms. The molecule has 1 atom stereocenters. The number of ether oxygens (including phenoxy) is 1. The molecule has 1 amide bonds.